The fourth-order valence-electron chi connectivity index (χ4n) is 0.663. The predicted octanol–water partition coefficient (Wildman–Crippen LogP) is 2.73. The third-order valence-corrected chi connectivity index (χ3v) is 1.03. The van der Waals surface area contributed by atoms with Crippen molar-refractivity contribution in [2.45, 2.75) is 59.4 Å². The fourth-order valence-corrected chi connectivity index (χ4v) is 0.663. The van der Waals surface area contributed by atoms with Crippen LogP contribution in [0.2, 0.25) is 5.79 Å². The van der Waals surface area contributed by atoms with Crippen molar-refractivity contribution in [3.8, 4) is 0 Å². The first kappa shape index (κ1) is 4.47. The summed E-state index contributed by atoms with van der Waals surface area (Å²) in [6.07, 6.45) is -0.920. The molecular weight excluding hydrogens is 151 g/mol. The predicted molar refractivity (Wildman–Crippen MR) is 53.3 cm³/mol. The van der Waals surface area contributed by atoms with E-state index in [2.05, 4.69) is 0 Å². The molecule has 12 heavy (non-hydrogen) atoms. The van der Waals surface area contributed by atoms with Crippen molar-refractivity contribution in [3.63, 3.8) is 0 Å². The molecule has 0 aromatic rings. The topological polar surface area (TPSA) is 18.5 Å². The van der Waals surface area contributed by atoms with E-state index in [9.17, 15) is 0 Å². The van der Waals surface area contributed by atoms with E-state index in [1.807, 2.05) is 0 Å². The highest BCUT2D eigenvalue weighted by atomic mass is 16.6. The van der Waals surface area contributed by atoms with Gasteiger partial charge in [0.2, 0.25) is 0 Å². The normalized spacial score (nSPS) is 23.3. The minimum atomic E-state index is -3.06. The van der Waals surface area contributed by atoms with Gasteiger partial charge in [0.15, 0.2) is 0 Å². The molecule has 0 aliphatic carbocycles. The van der Waals surface area contributed by atoms with E-state index in [1.54, 1.807) is 27.7 Å². The van der Waals surface area contributed by atoms with Crippen LogP contribution >= 0.6 is 0 Å². The standard InChI is InChI=1S/C9H21BO2/c1-7(2)10(11-8(3)4)12-9(5)6/h7-9H,1-6H3/i1D3,2D3,7D. The summed E-state index contributed by atoms with van der Waals surface area (Å²) in [7, 11) is -1.66. The summed E-state index contributed by atoms with van der Waals surface area (Å²) >= 11 is 0. The molecule has 0 radical (unpaired) electrons. The second-order valence-corrected chi connectivity index (χ2v) is 3.12. The summed E-state index contributed by atoms with van der Waals surface area (Å²) in [6.45, 7) is 0.359. The maximum atomic E-state index is 7.99. The van der Waals surface area contributed by atoms with Crippen LogP contribution in [-0.2, 0) is 9.31 Å². The van der Waals surface area contributed by atoms with Gasteiger partial charge in [-0.2, -0.15) is 0 Å². The maximum Gasteiger partial charge on any atom is 0.459 e. The first-order valence-electron chi connectivity index (χ1n) is 7.54. The molecule has 0 amide bonds. The Labute approximate surface area is 86.6 Å². The van der Waals surface area contributed by atoms with Gasteiger partial charge in [-0.25, -0.2) is 0 Å². The molecular formula is C9H21BO2. The van der Waals surface area contributed by atoms with Gasteiger partial charge in [0.05, 0.1) is 0 Å². The van der Waals surface area contributed by atoms with Gasteiger partial charge in [-0.05, 0) is 33.5 Å². The highest BCUT2D eigenvalue weighted by Crippen LogP contribution is 2.13. The monoisotopic (exact) mass is 179 g/mol. The molecule has 72 valence electrons. The highest BCUT2D eigenvalue weighted by Gasteiger charge is 2.24. The molecule has 0 rings (SSSR count). The minimum absolute atomic E-state index is 0.460. The van der Waals surface area contributed by atoms with Crippen LogP contribution in [0.1, 0.15) is 51.0 Å². The van der Waals surface area contributed by atoms with E-state index in [0.717, 1.165) is 0 Å². The Morgan fingerprint density at radius 2 is 1.50 bits per heavy atom. The van der Waals surface area contributed by atoms with Crippen molar-refractivity contribution in [2.24, 2.45) is 0 Å². The van der Waals surface area contributed by atoms with Gasteiger partial charge >= 0.3 is 7.12 Å². The Morgan fingerprint density at radius 1 is 1.08 bits per heavy atom. The average molecular weight is 179 g/mol. The summed E-state index contributed by atoms with van der Waals surface area (Å²) in [6, 6.07) is 0. The Morgan fingerprint density at radius 3 is 1.75 bits per heavy atom. The largest absolute Gasteiger partial charge is 0.459 e. The summed E-state index contributed by atoms with van der Waals surface area (Å²) in [5, 5.41) is 0. The molecule has 3 heteroatoms. The zero-order valence-electron chi connectivity index (χ0n) is 15.0. The van der Waals surface area contributed by atoms with E-state index in [-0.39, 0.29) is 0 Å². The minimum Gasteiger partial charge on any atom is -0.409 e. The molecule has 0 bridgehead atoms. The van der Waals surface area contributed by atoms with Crippen LogP contribution in [0.25, 0.3) is 0 Å². The van der Waals surface area contributed by atoms with Crippen molar-refractivity contribution in [1.29, 1.82) is 0 Å². The Kier molecular flexibility index (Phi) is 2.09. The molecule has 0 spiro atoms. The fraction of sp³-hybridized carbons (Fsp3) is 1.00. The lowest BCUT2D eigenvalue weighted by Gasteiger charge is -2.21. The SMILES string of the molecule is [2H]C([2H])([2H])C([2H])(B(OC(C)C)OC(C)C)C([2H])([2H])[2H]. The molecule has 0 aromatic carbocycles. The van der Waals surface area contributed by atoms with E-state index in [1.165, 1.54) is 0 Å². The van der Waals surface area contributed by atoms with E-state index in [0.29, 0.717) is 0 Å². The van der Waals surface area contributed by atoms with Crippen LogP contribution in [0.3, 0.4) is 0 Å². The lowest BCUT2D eigenvalue weighted by molar-refractivity contribution is 0.125. The average Bonchev–Trinajstić information content (AvgIpc) is 2.09. The van der Waals surface area contributed by atoms with Gasteiger partial charge in [0.1, 0.15) is 0 Å². The molecule has 0 aliphatic rings. The van der Waals surface area contributed by atoms with Gasteiger partial charge in [0.25, 0.3) is 0 Å². The van der Waals surface area contributed by atoms with Crippen LogP contribution < -0.4 is 0 Å². The van der Waals surface area contributed by atoms with E-state index in [4.69, 9.17) is 18.9 Å². The summed E-state index contributed by atoms with van der Waals surface area (Å²) in [5.41, 5.74) is 0. The second-order valence-electron chi connectivity index (χ2n) is 3.12. The van der Waals surface area contributed by atoms with E-state index < -0.39 is 38.8 Å². The van der Waals surface area contributed by atoms with Gasteiger partial charge in [-0.3, -0.25) is 0 Å². The van der Waals surface area contributed by atoms with Crippen molar-refractivity contribution in [3.05, 3.63) is 0 Å². The quantitative estimate of drug-likeness (QED) is 0.604. The highest BCUT2D eigenvalue weighted by molar-refractivity contribution is 6.46. The van der Waals surface area contributed by atoms with Crippen LogP contribution in [-0.4, -0.2) is 19.3 Å². The molecule has 0 aliphatic heterocycles. The maximum absolute atomic E-state index is 7.99. The Hall–Kier alpha value is -0.0151. The lowest BCUT2D eigenvalue weighted by Crippen LogP contribution is -2.32. The zero-order valence-corrected chi connectivity index (χ0v) is 8.05. The second kappa shape index (κ2) is 5.60. The van der Waals surface area contributed by atoms with Crippen molar-refractivity contribution >= 4 is 7.12 Å². The van der Waals surface area contributed by atoms with Crippen molar-refractivity contribution in [2.75, 3.05) is 0 Å². The van der Waals surface area contributed by atoms with Gasteiger partial charge in [-0.1, -0.05) is 13.7 Å². The first-order valence-corrected chi connectivity index (χ1v) is 4.04. The smallest absolute Gasteiger partial charge is 0.409 e. The number of rotatable bonds is 5. The van der Waals surface area contributed by atoms with E-state index >= 15 is 0 Å². The third kappa shape index (κ3) is 5.61. The molecule has 0 N–H and O–H groups in total. The van der Waals surface area contributed by atoms with Crippen LogP contribution in [0.15, 0.2) is 0 Å². The number of hydrogen-bond acceptors (Lipinski definition) is 2. The van der Waals surface area contributed by atoms with Crippen LogP contribution in [0.5, 0.6) is 0 Å². The molecule has 0 fully saturated rings. The van der Waals surface area contributed by atoms with Crippen molar-refractivity contribution in [1.82, 2.24) is 0 Å². The van der Waals surface area contributed by atoms with Crippen LogP contribution in [0.4, 0.5) is 0 Å². The van der Waals surface area contributed by atoms with Gasteiger partial charge in [0, 0.05) is 21.8 Å². The molecule has 0 atom stereocenters. The zero-order chi connectivity index (χ0) is 15.6. The van der Waals surface area contributed by atoms with Gasteiger partial charge < -0.3 is 9.31 Å². The lowest BCUT2D eigenvalue weighted by atomic mass is 9.74. The Balaban J connectivity index is 5.63. The third-order valence-electron chi connectivity index (χ3n) is 1.03. The molecule has 0 aromatic heterocycles. The van der Waals surface area contributed by atoms with Crippen LogP contribution in [0, 0.1) is 0 Å². The molecule has 0 saturated heterocycles. The van der Waals surface area contributed by atoms with Gasteiger partial charge in [-0.15, -0.1) is 0 Å². The summed E-state index contributed by atoms with van der Waals surface area (Å²) < 4.78 is 62.8. The van der Waals surface area contributed by atoms with Crippen molar-refractivity contribution < 1.29 is 18.9 Å². The Bertz CT molecular complexity index is 263. The molecule has 0 unspecified atom stereocenters. The number of hydrogen-bond donors (Lipinski definition) is 0. The molecule has 0 heterocycles. The summed E-state index contributed by atoms with van der Waals surface area (Å²) in [4.78, 5) is 0. The molecule has 0 saturated carbocycles. The summed E-state index contributed by atoms with van der Waals surface area (Å²) in [5.74, 6) is -2.84. The molecule has 2 nitrogen and oxygen atoms in total. The first-order chi connectivity index (χ1) is 8.23.